The molecule has 0 saturated heterocycles. The molecule has 9 heteroatoms. The van der Waals surface area contributed by atoms with Crippen molar-refractivity contribution in [1.82, 2.24) is 14.7 Å². The van der Waals surface area contributed by atoms with Crippen molar-refractivity contribution in [3.8, 4) is 0 Å². The van der Waals surface area contributed by atoms with Gasteiger partial charge in [0.15, 0.2) is 0 Å². The van der Waals surface area contributed by atoms with Crippen LogP contribution in [0.25, 0.3) is 21.7 Å². The van der Waals surface area contributed by atoms with E-state index in [-0.39, 0.29) is 12.4 Å². The normalized spacial score (nSPS) is 18.3. The van der Waals surface area contributed by atoms with Crippen LogP contribution in [-0.2, 0) is 10.0 Å². The van der Waals surface area contributed by atoms with Crippen LogP contribution >= 0.6 is 12.4 Å². The molecule has 7 nitrogen and oxygen atoms in total. The SMILES string of the molecule is Cl.Nc1nc(NCC2CCC(CNS(=O)(=O)c3ccc4ccccc4c3)CC2)nc2ccccc12. The Morgan fingerprint density at radius 1 is 0.829 bits per heavy atom. The van der Waals surface area contributed by atoms with Crippen LogP contribution in [-0.4, -0.2) is 31.5 Å². The Kier molecular flexibility index (Phi) is 7.74. The largest absolute Gasteiger partial charge is 0.383 e. The first-order valence-electron chi connectivity index (χ1n) is 11.7. The Morgan fingerprint density at radius 3 is 2.26 bits per heavy atom. The van der Waals surface area contributed by atoms with E-state index in [0.29, 0.717) is 35.0 Å². The van der Waals surface area contributed by atoms with Crippen LogP contribution in [0.1, 0.15) is 25.7 Å². The van der Waals surface area contributed by atoms with E-state index in [2.05, 4.69) is 20.0 Å². The number of nitrogens with two attached hydrogens (primary N) is 1. The average Bonchev–Trinajstić information content (AvgIpc) is 2.86. The molecule has 0 atom stereocenters. The van der Waals surface area contributed by atoms with Gasteiger partial charge in [-0.05, 0) is 72.6 Å². The van der Waals surface area contributed by atoms with Crippen LogP contribution in [0.5, 0.6) is 0 Å². The van der Waals surface area contributed by atoms with Gasteiger partial charge in [0.25, 0.3) is 0 Å². The molecule has 1 aliphatic carbocycles. The van der Waals surface area contributed by atoms with Crippen molar-refractivity contribution in [1.29, 1.82) is 0 Å². The van der Waals surface area contributed by atoms with Crippen molar-refractivity contribution in [2.45, 2.75) is 30.6 Å². The van der Waals surface area contributed by atoms with E-state index in [1.807, 2.05) is 54.6 Å². The fourth-order valence-electron chi connectivity index (χ4n) is 4.70. The van der Waals surface area contributed by atoms with Gasteiger partial charge in [0.1, 0.15) is 5.82 Å². The smallest absolute Gasteiger partial charge is 0.240 e. The second-order valence-electron chi connectivity index (χ2n) is 9.08. The number of sulfonamides is 1. The summed E-state index contributed by atoms with van der Waals surface area (Å²) in [5, 5.41) is 6.16. The van der Waals surface area contributed by atoms with E-state index in [9.17, 15) is 8.42 Å². The Morgan fingerprint density at radius 2 is 1.49 bits per heavy atom. The number of anilines is 2. The van der Waals surface area contributed by atoms with Crippen LogP contribution in [0.4, 0.5) is 11.8 Å². The number of benzene rings is 3. The Bertz CT molecular complexity index is 1420. The summed E-state index contributed by atoms with van der Waals surface area (Å²) in [6.45, 7) is 1.26. The highest BCUT2D eigenvalue weighted by atomic mass is 35.5. The lowest BCUT2D eigenvalue weighted by atomic mass is 9.82. The van der Waals surface area contributed by atoms with Crippen LogP contribution in [0, 0.1) is 11.8 Å². The van der Waals surface area contributed by atoms with Crippen molar-refractivity contribution < 1.29 is 8.42 Å². The second kappa shape index (κ2) is 10.8. The number of para-hydroxylation sites is 1. The summed E-state index contributed by atoms with van der Waals surface area (Å²) >= 11 is 0. The summed E-state index contributed by atoms with van der Waals surface area (Å²) in [4.78, 5) is 9.26. The molecule has 1 aliphatic rings. The first kappa shape index (κ1) is 25.2. The molecular formula is C26H30ClN5O2S. The van der Waals surface area contributed by atoms with E-state index in [1.165, 1.54) is 0 Å². The molecule has 0 radical (unpaired) electrons. The van der Waals surface area contributed by atoms with Crippen LogP contribution in [0.3, 0.4) is 0 Å². The zero-order chi connectivity index (χ0) is 23.5. The van der Waals surface area contributed by atoms with Crippen LogP contribution in [0.2, 0.25) is 0 Å². The molecule has 5 rings (SSSR count). The van der Waals surface area contributed by atoms with Gasteiger partial charge in [-0.25, -0.2) is 18.1 Å². The molecule has 184 valence electrons. The molecule has 0 unspecified atom stereocenters. The first-order chi connectivity index (χ1) is 16.5. The van der Waals surface area contributed by atoms with Gasteiger partial charge in [0.2, 0.25) is 16.0 Å². The molecule has 0 amide bonds. The van der Waals surface area contributed by atoms with E-state index >= 15 is 0 Å². The Balaban J connectivity index is 0.00000289. The number of nitrogen functional groups attached to an aromatic ring is 1. The third-order valence-electron chi connectivity index (χ3n) is 6.74. The number of hydrogen-bond donors (Lipinski definition) is 3. The minimum atomic E-state index is -3.52. The minimum absolute atomic E-state index is 0. The maximum Gasteiger partial charge on any atom is 0.240 e. The third-order valence-corrected chi connectivity index (χ3v) is 8.16. The number of fused-ring (bicyclic) bond motifs is 2. The maximum atomic E-state index is 12.8. The highest BCUT2D eigenvalue weighted by Crippen LogP contribution is 2.29. The van der Waals surface area contributed by atoms with Crippen LogP contribution < -0.4 is 15.8 Å². The molecule has 0 spiro atoms. The molecule has 1 aromatic heterocycles. The Labute approximate surface area is 212 Å². The van der Waals surface area contributed by atoms with Gasteiger partial charge < -0.3 is 11.1 Å². The molecule has 4 N–H and O–H groups in total. The van der Waals surface area contributed by atoms with Crippen LogP contribution in [0.15, 0.2) is 71.6 Å². The fourth-order valence-corrected chi connectivity index (χ4v) is 5.85. The number of aromatic nitrogens is 2. The first-order valence-corrected chi connectivity index (χ1v) is 13.2. The Hall–Kier alpha value is -2.94. The molecule has 0 bridgehead atoms. The predicted molar refractivity (Wildman–Crippen MR) is 144 cm³/mol. The molecule has 4 aromatic rings. The predicted octanol–water partition coefficient (Wildman–Crippen LogP) is 4.98. The monoisotopic (exact) mass is 511 g/mol. The lowest BCUT2D eigenvalue weighted by molar-refractivity contribution is 0.284. The van der Waals surface area contributed by atoms with E-state index in [4.69, 9.17) is 5.73 Å². The number of halogens is 1. The molecule has 1 heterocycles. The van der Waals surface area contributed by atoms with Crippen molar-refractivity contribution in [2.24, 2.45) is 11.8 Å². The molecule has 1 saturated carbocycles. The lowest BCUT2D eigenvalue weighted by Crippen LogP contribution is -2.32. The molecule has 0 aliphatic heterocycles. The number of hydrogen-bond acceptors (Lipinski definition) is 6. The van der Waals surface area contributed by atoms with E-state index < -0.39 is 10.0 Å². The van der Waals surface area contributed by atoms with Gasteiger partial charge in [-0.1, -0.05) is 42.5 Å². The molecule has 1 fully saturated rings. The summed E-state index contributed by atoms with van der Waals surface area (Å²) in [5.41, 5.74) is 6.91. The number of nitrogens with zero attached hydrogens (tertiary/aromatic N) is 2. The average molecular weight is 512 g/mol. The second-order valence-corrected chi connectivity index (χ2v) is 10.8. The number of nitrogens with one attached hydrogen (secondary N) is 2. The molecular weight excluding hydrogens is 482 g/mol. The van der Waals surface area contributed by atoms with Gasteiger partial charge in [-0.3, -0.25) is 0 Å². The van der Waals surface area contributed by atoms with Gasteiger partial charge >= 0.3 is 0 Å². The van der Waals surface area contributed by atoms with Gasteiger partial charge in [-0.2, -0.15) is 4.98 Å². The maximum absolute atomic E-state index is 12.8. The highest BCUT2D eigenvalue weighted by Gasteiger charge is 2.23. The fraction of sp³-hybridized carbons (Fsp3) is 0.308. The third kappa shape index (κ3) is 5.83. The summed E-state index contributed by atoms with van der Waals surface area (Å²) in [6.07, 6.45) is 4.07. The quantitative estimate of drug-likeness (QED) is 0.322. The molecule has 35 heavy (non-hydrogen) atoms. The van der Waals surface area contributed by atoms with Crippen molar-refractivity contribution in [3.05, 3.63) is 66.7 Å². The van der Waals surface area contributed by atoms with Gasteiger partial charge in [0, 0.05) is 18.5 Å². The van der Waals surface area contributed by atoms with Crippen molar-refractivity contribution >= 4 is 55.9 Å². The summed E-state index contributed by atoms with van der Waals surface area (Å²) in [7, 11) is -3.52. The van der Waals surface area contributed by atoms with Crippen molar-refractivity contribution in [3.63, 3.8) is 0 Å². The van der Waals surface area contributed by atoms with Crippen molar-refractivity contribution in [2.75, 3.05) is 24.1 Å². The topological polar surface area (TPSA) is 110 Å². The highest BCUT2D eigenvalue weighted by molar-refractivity contribution is 7.89. The minimum Gasteiger partial charge on any atom is -0.383 e. The van der Waals surface area contributed by atoms with E-state index in [1.54, 1.807) is 12.1 Å². The van der Waals surface area contributed by atoms with E-state index in [0.717, 1.165) is 53.9 Å². The lowest BCUT2D eigenvalue weighted by Gasteiger charge is -2.28. The zero-order valence-corrected chi connectivity index (χ0v) is 21.0. The summed E-state index contributed by atoms with van der Waals surface area (Å²) in [5.74, 6) is 1.89. The van der Waals surface area contributed by atoms with Gasteiger partial charge in [0.05, 0.1) is 10.4 Å². The van der Waals surface area contributed by atoms with Gasteiger partial charge in [-0.15, -0.1) is 12.4 Å². The standard InChI is InChI=1S/C26H29N5O2S.ClH/c27-25-23-7-3-4-8-24(23)30-26(31-25)28-16-18-9-11-19(12-10-18)17-29-34(32,33)22-14-13-20-5-1-2-6-21(20)15-22;/h1-8,13-15,18-19,29H,9-12,16-17H2,(H3,27,28,30,31);1H. The summed E-state index contributed by atoms with van der Waals surface area (Å²) in [6, 6.07) is 20.8. The number of rotatable bonds is 7. The molecule has 3 aromatic carbocycles. The summed E-state index contributed by atoms with van der Waals surface area (Å²) < 4.78 is 28.5. The zero-order valence-electron chi connectivity index (χ0n) is 19.4.